The topological polar surface area (TPSA) is 37.3 Å². The summed E-state index contributed by atoms with van der Waals surface area (Å²) in [7, 11) is 0. The second-order valence-corrected chi connectivity index (χ2v) is 5.11. The molecule has 0 radical (unpaired) electrons. The van der Waals surface area contributed by atoms with E-state index in [9.17, 15) is 4.79 Å². The Kier molecular flexibility index (Phi) is 6.73. The highest BCUT2D eigenvalue weighted by Crippen LogP contribution is 2.17. The number of carboxylic acid groups (broad SMARTS) is 1. The highest BCUT2D eigenvalue weighted by Gasteiger charge is 2.09. The highest BCUT2D eigenvalue weighted by molar-refractivity contribution is 5.85. The van der Waals surface area contributed by atoms with Crippen molar-refractivity contribution in [3.8, 4) is 0 Å². The summed E-state index contributed by atoms with van der Waals surface area (Å²) >= 11 is 0. The lowest BCUT2D eigenvalue weighted by Crippen LogP contribution is -2.05. The van der Waals surface area contributed by atoms with Gasteiger partial charge in [-0.1, -0.05) is 69.8 Å². The Hall–Kier alpha value is -1.83. The minimum absolute atomic E-state index is 0.0392. The summed E-state index contributed by atoms with van der Waals surface area (Å²) < 4.78 is 0. The standard InChI is InChI=1S/C8H14O2.C8H8/c1-6(7(9)10)5-8(2,3)4;1-2-8-6-4-3-5-7-8/h5H,1-4H3,(H,9,10);2-7H,1H2. The molecule has 0 aliphatic carbocycles. The predicted octanol–water partition coefficient (Wildman–Crippen LogP) is 4.39. The summed E-state index contributed by atoms with van der Waals surface area (Å²) in [6.07, 6.45) is 3.58. The van der Waals surface area contributed by atoms with Gasteiger partial charge in [0.15, 0.2) is 0 Å². The Morgan fingerprint density at radius 3 is 1.94 bits per heavy atom. The van der Waals surface area contributed by atoms with Crippen LogP contribution in [0.5, 0.6) is 0 Å². The summed E-state index contributed by atoms with van der Waals surface area (Å²) in [6, 6.07) is 10.0. The number of carboxylic acids is 1. The van der Waals surface area contributed by atoms with Crippen LogP contribution in [0.2, 0.25) is 0 Å². The molecule has 1 N–H and O–H groups in total. The smallest absolute Gasteiger partial charge is 0.330 e. The third-order valence-electron chi connectivity index (χ3n) is 2.02. The summed E-state index contributed by atoms with van der Waals surface area (Å²) in [5.74, 6) is -0.838. The molecule has 1 aromatic carbocycles. The average molecular weight is 246 g/mol. The molecule has 0 saturated carbocycles. The molecule has 0 amide bonds. The van der Waals surface area contributed by atoms with Gasteiger partial charge >= 0.3 is 5.97 Å². The molecule has 0 bridgehead atoms. The Balaban J connectivity index is 0.000000327. The van der Waals surface area contributed by atoms with E-state index in [1.54, 1.807) is 13.0 Å². The third-order valence-corrected chi connectivity index (χ3v) is 2.02. The van der Waals surface area contributed by atoms with Gasteiger partial charge in [-0.25, -0.2) is 4.79 Å². The zero-order chi connectivity index (χ0) is 14.2. The zero-order valence-electron chi connectivity index (χ0n) is 11.6. The Labute approximate surface area is 110 Å². The van der Waals surface area contributed by atoms with E-state index in [1.807, 2.05) is 57.2 Å². The highest BCUT2D eigenvalue weighted by atomic mass is 16.4. The lowest BCUT2D eigenvalue weighted by Gasteiger charge is -2.11. The van der Waals surface area contributed by atoms with E-state index in [2.05, 4.69) is 6.58 Å². The van der Waals surface area contributed by atoms with Crippen LogP contribution in [0.15, 0.2) is 48.6 Å². The van der Waals surface area contributed by atoms with E-state index in [1.165, 1.54) is 5.56 Å². The molecule has 98 valence electrons. The van der Waals surface area contributed by atoms with Crippen LogP contribution < -0.4 is 0 Å². The van der Waals surface area contributed by atoms with Crippen molar-refractivity contribution in [1.29, 1.82) is 0 Å². The minimum Gasteiger partial charge on any atom is -0.478 e. The summed E-state index contributed by atoms with van der Waals surface area (Å²) in [5, 5.41) is 8.48. The van der Waals surface area contributed by atoms with Gasteiger partial charge in [0, 0.05) is 5.57 Å². The predicted molar refractivity (Wildman–Crippen MR) is 77.4 cm³/mol. The molecule has 0 aliphatic rings. The van der Waals surface area contributed by atoms with Crippen molar-refractivity contribution >= 4 is 12.0 Å². The van der Waals surface area contributed by atoms with E-state index in [0.717, 1.165) is 0 Å². The number of benzene rings is 1. The molecule has 0 aliphatic heterocycles. The number of hydrogen-bond donors (Lipinski definition) is 1. The molecule has 0 unspecified atom stereocenters. The van der Waals surface area contributed by atoms with Crippen LogP contribution in [0.4, 0.5) is 0 Å². The summed E-state index contributed by atoms with van der Waals surface area (Å²) in [4.78, 5) is 10.3. The van der Waals surface area contributed by atoms with Crippen molar-refractivity contribution in [3.05, 3.63) is 54.1 Å². The van der Waals surface area contributed by atoms with Crippen LogP contribution in [0, 0.1) is 5.41 Å². The fourth-order valence-corrected chi connectivity index (χ4v) is 1.30. The Bertz CT molecular complexity index is 408. The number of rotatable bonds is 2. The van der Waals surface area contributed by atoms with Crippen molar-refractivity contribution in [1.82, 2.24) is 0 Å². The van der Waals surface area contributed by atoms with Gasteiger partial charge in [-0.15, -0.1) is 0 Å². The largest absolute Gasteiger partial charge is 0.478 e. The van der Waals surface area contributed by atoms with E-state index >= 15 is 0 Å². The third kappa shape index (κ3) is 8.34. The van der Waals surface area contributed by atoms with Gasteiger partial charge in [0.25, 0.3) is 0 Å². The fourth-order valence-electron chi connectivity index (χ4n) is 1.30. The molecule has 2 nitrogen and oxygen atoms in total. The SMILES string of the molecule is C=Cc1ccccc1.CC(=CC(C)(C)C)C(=O)O. The summed E-state index contributed by atoms with van der Waals surface area (Å²) in [5.41, 5.74) is 1.54. The molecule has 18 heavy (non-hydrogen) atoms. The maximum absolute atomic E-state index is 10.3. The van der Waals surface area contributed by atoms with Crippen molar-refractivity contribution < 1.29 is 9.90 Å². The van der Waals surface area contributed by atoms with Crippen LogP contribution >= 0.6 is 0 Å². The van der Waals surface area contributed by atoms with Gasteiger partial charge < -0.3 is 5.11 Å². The average Bonchev–Trinajstić information content (AvgIpc) is 2.28. The molecule has 1 aromatic rings. The molecule has 0 fully saturated rings. The van der Waals surface area contributed by atoms with Gasteiger partial charge in [0.1, 0.15) is 0 Å². The number of hydrogen-bond acceptors (Lipinski definition) is 1. The maximum Gasteiger partial charge on any atom is 0.330 e. The van der Waals surface area contributed by atoms with Crippen LogP contribution in [0.3, 0.4) is 0 Å². The first-order chi connectivity index (χ1) is 8.26. The van der Waals surface area contributed by atoms with E-state index in [0.29, 0.717) is 5.57 Å². The van der Waals surface area contributed by atoms with E-state index < -0.39 is 5.97 Å². The minimum atomic E-state index is -0.838. The Morgan fingerprint density at radius 2 is 1.72 bits per heavy atom. The first-order valence-electron chi connectivity index (χ1n) is 5.86. The van der Waals surface area contributed by atoms with Crippen molar-refractivity contribution in [3.63, 3.8) is 0 Å². The number of carbonyl (C=O) groups is 1. The summed E-state index contributed by atoms with van der Waals surface area (Å²) in [6.45, 7) is 11.2. The number of allylic oxidation sites excluding steroid dienone is 1. The van der Waals surface area contributed by atoms with Crippen LogP contribution in [0.25, 0.3) is 6.08 Å². The first kappa shape index (κ1) is 16.2. The normalized spacial score (nSPS) is 11.2. The monoisotopic (exact) mass is 246 g/mol. The molecule has 0 aromatic heterocycles. The second kappa shape index (κ2) is 7.49. The fraction of sp³-hybridized carbons (Fsp3) is 0.312. The molecule has 0 spiro atoms. The van der Waals surface area contributed by atoms with Gasteiger partial charge in [-0.2, -0.15) is 0 Å². The van der Waals surface area contributed by atoms with Crippen molar-refractivity contribution in [2.45, 2.75) is 27.7 Å². The molecule has 0 heterocycles. The van der Waals surface area contributed by atoms with Crippen LogP contribution in [0.1, 0.15) is 33.3 Å². The molecule has 1 rings (SSSR count). The number of aliphatic carboxylic acids is 1. The molecule has 0 saturated heterocycles. The van der Waals surface area contributed by atoms with Gasteiger partial charge in [0.05, 0.1) is 0 Å². The van der Waals surface area contributed by atoms with Crippen LogP contribution in [-0.4, -0.2) is 11.1 Å². The molecule has 2 heteroatoms. The van der Waals surface area contributed by atoms with Crippen LogP contribution in [-0.2, 0) is 4.79 Å². The first-order valence-corrected chi connectivity index (χ1v) is 5.86. The second-order valence-electron chi connectivity index (χ2n) is 5.11. The maximum atomic E-state index is 10.3. The molecular weight excluding hydrogens is 224 g/mol. The van der Waals surface area contributed by atoms with Gasteiger partial charge in [-0.05, 0) is 17.9 Å². The van der Waals surface area contributed by atoms with E-state index in [4.69, 9.17) is 5.11 Å². The zero-order valence-corrected chi connectivity index (χ0v) is 11.6. The quantitative estimate of drug-likeness (QED) is 0.786. The Morgan fingerprint density at radius 1 is 1.22 bits per heavy atom. The van der Waals surface area contributed by atoms with Gasteiger partial charge in [-0.3, -0.25) is 0 Å². The van der Waals surface area contributed by atoms with Gasteiger partial charge in [0.2, 0.25) is 0 Å². The lowest BCUT2D eigenvalue weighted by molar-refractivity contribution is -0.132. The molecular formula is C16H22O2. The lowest BCUT2D eigenvalue weighted by atomic mass is 9.94. The van der Waals surface area contributed by atoms with Crippen molar-refractivity contribution in [2.75, 3.05) is 0 Å². The van der Waals surface area contributed by atoms with Crippen molar-refractivity contribution in [2.24, 2.45) is 5.41 Å². The molecule has 0 atom stereocenters. The van der Waals surface area contributed by atoms with E-state index in [-0.39, 0.29) is 5.41 Å².